The lowest BCUT2D eigenvalue weighted by atomic mass is 10.2. The highest BCUT2D eigenvalue weighted by Crippen LogP contribution is 2.25. The third kappa shape index (κ3) is 3.55. The predicted octanol–water partition coefficient (Wildman–Crippen LogP) is 0.856. The molecule has 6 nitrogen and oxygen atoms in total. The van der Waals surface area contributed by atoms with Gasteiger partial charge in [0.1, 0.15) is 12.4 Å². The van der Waals surface area contributed by atoms with Crippen LogP contribution in [0.15, 0.2) is 29.2 Å². The molecule has 2 rings (SSSR count). The molecule has 1 aliphatic heterocycles. The summed E-state index contributed by atoms with van der Waals surface area (Å²) in [6.07, 6.45) is 0.603. The maximum atomic E-state index is 12.6. The molecule has 1 aromatic carbocycles. The average molecular weight is 315 g/mol. The quantitative estimate of drug-likeness (QED) is 0.842. The normalized spacial score (nSPS) is 22.7. The standard InChI is InChI=1S/C14H21NO5S/c1-11-14(7-9-19-11)15(2)21(17,18)13-5-3-12(4-6-13)20-10-8-16/h3-6,11,14,16H,7-10H2,1-2H3. The SMILES string of the molecule is CC1OCCC1N(C)S(=O)(=O)c1ccc(OCCO)cc1. The van der Waals surface area contributed by atoms with Gasteiger partial charge in [0, 0.05) is 13.7 Å². The number of sulfonamides is 1. The highest BCUT2D eigenvalue weighted by molar-refractivity contribution is 7.89. The molecule has 1 fully saturated rings. The summed E-state index contributed by atoms with van der Waals surface area (Å²) in [5, 5.41) is 8.69. The number of hydrogen-bond donors (Lipinski definition) is 1. The van der Waals surface area contributed by atoms with Gasteiger partial charge in [0.2, 0.25) is 10.0 Å². The van der Waals surface area contributed by atoms with Crippen molar-refractivity contribution in [2.75, 3.05) is 26.9 Å². The molecule has 0 saturated carbocycles. The molecule has 0 radical (unpaired) electrons. The zero-order chi connectivity index (χ0) is 15.5. The number of rotatable bonds is 6. The third-order valence-corrected chi connectivity index (χ3v) is 5.56. The molecule has 1 aliphatic rings. The lowest BCUT2D eigenvalue weighted by Gasteiger charge is -2.26. The van der Waals surface area contributed by atoms with Crippen molar-refractivity contribution in [1.29, 1.82) is 0 Å². The Labute approximate surface area is 125 Å². The molecule has 118 valence electrons. The smallest absolute Gasteiger partial charge is 0.243 e. The van der Waals surface area contributed by atoms with Gasteiger partial charge < -0.3 is 14.6 Å². The maximum Gasteiger partial charge on any atom is 0.243 e. The highest BCUT2D eigenvalue weighted by atomic mass is 32.2. The second-order valence-electron chi connectivity index (χ2n) is 5.00. The van der Waals surface area contributed by atoms with Crippen LogP contribution in [0.5, 0.6) is 5.75 Å². The van der Waals surface area contributed by atoms with Crippen LogP contribution in [-0.2, 0) is 14.8 Å². The molecule has 1 aromatic rings. The summed E-state index contributed by atoms with van der Waals surface area (Å²) in [6.45, 7) is 2.57. The summed E-state index contributed by atoms with van der Waals surface area (Å²) in [5.41, 5.74) is 0. The second-order valence-corrected chi connectivity index (χ2v) is 6.99. The van der Waals surface area contributed by atoms with Crippen LogP contribution in [0, 0.1) is 0 Å². The van der Waals surface area contributed by atoms with Crippen LogP contribution in [0.3, 0.4) is 0 Å². The van der Waals surface area contributed by atoms with E-state index in [4.69, 9.17) is 14.6 Å². The van der Waals surface area contributed by atoms with Crippen molar-refractivity contribution in [3.63, 3.8) is 0 Å². The predicted molar refractivity (Wildman–Crippen MR) is 77.8 cm³/mol. The van der Waals surface area contributed by atoms with Gasteiger partial charge in [-0.15, -0.1) is 0 Å². The summed E-state index contributed by atoms with van der Waals surface area (Å²) in [7, 11) is -1.96. The Morgan fingerprint density at radius 3 is 2.57 bits per heavy atom. The first kappa shape index (κ1) is 16.2. The molecule has 0 spiro atoms. The van der Waals surface area contributed by atoms with Crippen molar-refractivity contribution in [1.82, 2.24) is 4.31 Å². The number of hydrogen-bond acceptors (Lipinski definition) is 5. The lowest BCUT2D eigenvalue weighted by molar-refractivity contribution is 0.102. The zero-order valence-corrected chi connectivity index (χ0v) is 13.0. The van der Waals surface area contributed by atoms with Gasteiger partial charge in [-0.2, -0.15) is 4.31 Å². The fourth-order valence-electron chi connectivity index (χ4n) is 2.41. The van der Waals surface area contributed by atoms with E-state index >= 15 is 0 Å². The molecule has 2 atom stereocenters. The van der Waals surface area contributed by atoms with Crippen LogP contribution in [0.25, 0.3) is 0 Å². The first-order chi connectivity index (χ1) is 9.96. The number of aliphatic hydroxyl groups is 1. The molecule has 2 unspecified atom stereocenters. The molecule has 1 heterocycles. The summed E-state index contributed by atoms with van der Waals surface area (Å²) in [6, 6.07) is 6.06. The van der Waals surface area contributed by atoms with Crippen molar-refractivity contribution in [3.8, 4) is 5.75 Å². The van der Waals surface area contributed by atoms with Crippen LogP contribution in [0.1, 0.15) is 13.3 Å². The van der Waals surface area contributed by atoms with Crippen LogP contribution in [0.4, 0.5) is 0 Å². The minimum absolute atomic E-state index is 0.0810. The fourth-order valence-corrected chi connectivity index (χ4v) is 3.86. The number of benzene rings is 1. The Balaban J connectivity index is 2.15. The molecule has 0 amide bonds. The summed E-state index contributed by atoms with van der Waals surface area (Å²) < 4.78 is 37.2. The van der Waals surface area contributed by atoms with E-state index < -0.39 is 10.0 Å². The van der Waals surface area contributed by atoms with Gasteiger partial charge in [-0.25, -0.2) is 8.42 Å². The Morgan fingerprint density at radius 2 is 2.05 bits per heavy atom. The van der Waals surface area contributed by atoms with Gasteiger partial charge in [-0.05, 0) is 37.6 Å². The van der Waals surface area contributed by atoms with E-state index in [-0.39, 0.29) is 30.3 Å². The second kappa shape index (κ2) is 6.74. The molecule has 0 aliphatic carbocycles. The first-order valence-electron chi connectivity index (χ1n) is 6.90. The number of likely N-dealkylation sites (N-methyl/N-ethyl adjacent to an activating group) is 1. The summed E-state index contributed by atoms with van der Waals surface area (Å²) in [5.74, 6) is 0.531. The van der Waals surface area contributed by atoms with Gasteiger partial charge in [0.15, 0.2) is 0 Å². The summed E-state index contributed by atoms with van der Waals surface area (Å²) in [4.78, 5) is 0.223. The van der Waals surface area contributed by atoms with E-state index in [1.54, 1.807) is 19.2 Å². The van der Waals surface area contributed by atoms with E-state index in [1.807, 2.05) is 6.92 Å². The molecular formula is C14H21NO5S. The Bertz CT molecular complexity index is 557. The van der Waals surface area contributed by atoms with E-state index in [9.17, 15) is 8.42 Å². The molecule has 7 heteroatoms. The van der Waals surface area contributed by atoms with Crippen molar-refractivity contribution in [2.45, 2.75) is 30.4 Å². The van der Waals surface area contributed by atoms with Crippen LogP contribution >= 0.6 is 0 Å². The van der Waals surface area contributed by atoms with E-state index in [0.717, 1.165) is 0 Å². The third-order valence-electron chi connectivity index (χ3n) is 3.66. The Morgan fingerprint density at radius 1 is 1.38 bits per heavy atom. The van der Waals surface area contributed by atoms with E-state index in [2.05, 4.69) is 0 Å². The van der Waals surface area contributed by atoms with E-state index in [0.29, 0.717) is 18.8 Å². The molecule has 0 bridgehead atoms. The number of nitrogens with zero attached hydrogens (tertiary/aromatic N) is 1. The maximum absolute atomic E-state index is 12.6. The summed E-state index contributed by atoms with van der Waals surface area (Å²) >= 11 is 0. The number of ether oxygens (including phenoxy) is 2. The van der Waals surface area contributed by atoms with Gasteiger partial charge in [-0.1, -0.05) is 0 Å². The first-order valence-corrected chi connectivity index (χ1v) is 8.34. The molecular weight excluding hydrogens is 294 g/mol. The Kier molecular flexibility index (Phi) is 5.21. The minimum Gasteiger partial charge on any atom is -0.491 e. The van der Waals surface area contributed by atoms with Gasteiger partial charge in [-0.3, -0.25) is 0 Å². The van der Waals surface area contributed by atoms with Crippen LogP contribution in [0.2, 0.25) is 0 Å². The molecule has 21 heavy (non-hydrogen) atoms. The van der Waals surface area contributed by atoms with Crippen LogP contribution < -0.4 is 4.74 Å². The minimum atomic E-state index is -3.54. The van der Waals surface area contributed by atoms with Crippen LogP contribution in [-0.4, -0.2) is 56.8 Å². The number of aliphatic hydroxyl groups excluding tert-OH is 1. The lowest BCUT2D eigenvalue weighted by Crippen LogP contribution is -2.40. The fraction of sp³-hybridized carbons (Fsp3) is 0.571. The van der Waals surface area contributed by atoms with Crippen molar-refractivity contribution in [2.24, 2.45) is 0 Å². The Hall–Kier alpha value is -1.15. The van der Waals surface area contributed by atoms with Crippen molar-refractivity contribution >= 4 is 10.0 Å². The van der Waals surface area contributed by atoms with E-state index in [1.165, 1.54) is 16.4 Å². The van der Waals surface area contributed by atoms with Crippen molar-refractivity contribution < 1.29 is 23.0 Å². The molecule has 1 saturated heterocycles. The van der Waals surface area contributed by atoms with Crippen molar-refractivity contribution in [3.05, 3.63) is 24.3 Å². The monoisotopic (exact) mass is 315 g/mol. The van der Waals surface area contributed by atoms with Gasteiger partial charge in [0.25, 0.3) is 0 Å². The van der Waals surface area contributed by atoms with Gasteiger partial charge in [0.05, 0.1) is 23.6 Å². The molecule has 0 aromatic heterocycles. The highest BCUT2D eigenvalue weighted by Gasteiger charge is 2.35. The molecule has 1 N–H and O–H groups in total. The van der Waals surface area contributed by atoms with Gasteiger partial charge >= 0.3 is 0 Å². The topological polar surface area (TPSA) is 76.1 Å². The zero-order valence-electron chi connectivity index (χ0n) is 12.2. The largest absolute Gasteiger partial charge is 0.491 e. The average Bonchev–Trinajstić information content (AvgIpc) is 2.90.